The highest BCUT2D eigenvalue weighted by Crippen LogP contribution is 2.30. The van der Waals surface area contributed by atoms with Crippen molar-refractivity contribution in [2.24, 2.45) is 0 Å². The molecule has 0 spiro atoms. The summed E-state index contributed by atoms with van der Waals surface area (Å²) in [4.78, 5) is 53.2. The maximum Gasteiger partial charge on any atom is 0.248 e. The van der Waals surface area contributed by atoms with E-state index in [1.807, 2.05) is 19.1 Å². The van der Waals surface area contributed by atoms with E-state index >= 15 is 0 Å². The van der Waals surface area contributed by atoms with Crippen molar-refractivity contribution >= 4 is 50.2 Å². The largest absolute Gasteiger partial charge is 0.326 e. The first kappa shape index (κ1) is 27.5. The average molecular weight is 608 g/mol. The Kier molecular flexibility index (Phi) is 7.45. The Hall–Kier alpha value is -4.06. The molecule has 1 saturated heterocycles. The number of hydrogen-bond acceptors (Lipinski definition) is 7. The zero-order valence-corrected chi connectivity index (χ0v) is 24.0. The first-order chi connectivity index (χ1) is 19.0. The molecule has 0 radical (unpaired) electrons. The van der Waals surface area contributed by atoms with Crippen LogP contribution >= 0.6 is 15.9 Å². The molecule has 1 aliphatic rings. The Morgan fingerprint density at radius 2 is 1.80 bits per heavy atom. The Bertz CT molecular complexity index is 1650. The Morgan fingerprint density at radius 3 is 2.50 bits per heavy atom. The van der Waals surface area contributed by atoms with Crippen molar-refractivity contribution in [3.8, 4) is 11.1 Å². The quantitative estimate of drug-likeness (QED) is 0.255. The van der Waals surface area contributed by atoms with Crippen LogP contribution < -0.4 is 5.32 Å². The van der Waals surface area contributed by atoms with Crippen LogP contribution in [0.25, 0.3) is 22.0 Å². The van der Waals surface area contributed by atoms with E-state index in [9.17, 15) is 18.8 Å². The maximum atomic E-state index is 14.5. The van der Waals surface area contributed by atoms with E-state index in [-0.39, 0.29) is 31.0 Å². The topological polar surface area (TPSA) is 123 Å². The molecule has 10 nitrogen and oxygen atoms in total. The van der Waals surface area contributed by atoms with E-state index in [0.717, 1.165) is 22.3 Å². The van der Waals surface area contributed by atoms with Gasteiger partial charge in [-0.3, -0.25) is 19.1 Å². The molecule has 3 aromatic heterocycles. The second-order valence-electron chi connectivity index (χ2n) is 9.95. The van der Waals surface area contributed by atoms with E-state index in [0.29, 0.717) is 27.1 Å². The number of aryl methyl sites for hydroxylation is 3. The van der Waals surface area contributed by atoms with E-state index < -0.39 is 24.0 Å². The van der Waals surface area contributed by atoms with Gasteiger partial charge in [-0.1, -0.05) is 6.07 Å². The molecule has 2 atom stereocenters. The summed E-state index contributed by atoms with van der Waals surface area (Å²) in [5, 5.41) is 7.78. The molecule has 12 heteroatoms. The van der Waals surface area contributed by atoms with Gasteiger partial charge in [-0.2, -0.15) is 5.10 Å². The normalized spacial score (nSPS) is 16.9. The lowest BCUT2D eigenvalue weighted by molar-refractivity contribution is -0.137. The van der Waals surface area contributed by atoms with Gasteiger partial charge in [-0.15, -0.1) is 0 Å². The maximum absolute atomic E-state index is 14.5. The Balaban J connectivity index is 1.45. The van der Waals surface area contributed by atoms with Crippen LogP contribution in [0.5, 0.6) is 0 Å². The number of nitrogens with zero attached hydrogens (tertiary/aromatic N) is 6. The number of halogens is 2. The molecule has 5 rings (SSSR count). The van der Waals surface area contributed by atoms with Crippen molar-refractivity contribution in [1.82, 2.24) is 29.6 Å². The highest BCUT2D eigenvalue weighted by atomic mass is 79.9. The zero-order valence-electron chi connectivity index (χ0n) is 22.4. The number of rotatable bonds is 6. The Labute approximate surface area is 238 Å². The predicted octanol–water partition coefficient (Wildman–Crippen LogP) is 4.36. The van der Waals surface area contributed by atoms with E-state index in [1.165, 1.54) is 16.5 Å². The number of benzene rings is 1. The smallest absolute Gasteiger partial charge is 0.248 e. The molecule has 0 aliphatic carbocycles. The minimum Gasteiger partial charge on any atom is -0.326 e. The van der Waals surface area contributed by atoms with Crippen molar-refractivity contribution in [2.75, 3.05) is 11.9 Å². The number of aromatic nitrogens is 5. The number of alkyl halides is 1. The number of carbonyl (C=O) groups is 3. The minimum atomic E-state index is -1.35. The number of likely N-dealkylation sites (tertiary alicyclic amines) is 1. The summed E-state index contributed by atoms with van der Waals surface area (Å²) < 4.78 is 16.5. The number of hydrogen-bond donors (Lipinski definition) is 1. The van der Waals surface area contributed by atoms with Gasteiger partial charge < -0.3 is 10.2 Å². The van der Waals surface area contributed by atoms with E-state index in [2.05, 4.69) is 41.3 Å². The molecule has 206 valence electrons. The molecule has 4 aromatic rings. The third-order valence-electron chi connectivity index (χ3n) is 6.94. The molecular formula is C28H27BrFN7O3. The zero-order chi connectivity index (χ0) is 28.7. The predicted molar refractivity (Wildman–Crippen MR) is 151 cm³/mol. The van der Waals surface area contributed by atoms with Crippen molar-refractivity contribution < 1.29 is 18.8 Å². The Morgan fingerprint density at radius 1 is 1.07 bits per heavy atom. The number of anilines is 1. The van der Waals surface area contributed by atoms with Gasteiger partial charge in [0.25, 0.3) is 0 Å². The van der Waals surface area contributed by atoms with Crippen molar-refractivity contribution in [1.29, 1.82) is 0 Å². The number of Topliss-reactive ketones (excluding diaryl/α,β-unsaturated/α-hetero) is 1. The summed E-state index contributed by atoms with van der Waals surface area (Å²) in [6, 6.07) is 6.28. The summed E-state index contributed by atoms with van der Waals surface area (Å²) in [6.45, 7) is 6.40. The lowest BCUT2D eigenvalue weighted by Crippen LogP contribution is -2.44. The monoisotopic (exact) mass is 607 g/mol. The first-order valence-corrected chi connectivity index (χ1v) is 13.5. The SMILES string of the molecule is CC(=O)c1nn(CC(=O)N2C[C@H](F)C[C@H]2C(=O)Nc2nc(Br)ccc2C)c2c(C)cc(-c3cnc(C)nc3)cc12. The second-order valence-corrected chi connectivity index (χ2v) is 10.8. The third kappa shape index (κ3) is 5.35. The van der Waals surface area contributed by atoms with Gasteiger partial charge in [0.2, 0.25) is 11.8 Å². The molecule has 40 heavy (non-hydrogen) atoms. The lowest BCUT2D eigenvalue weighted by Gasteiger charge is -2.24. The minimum absolute atomic E-state index is 0.121. The van der Waals surface area contributed by atoms with Gasteiger partial charge in [0.05, 0.1) is 12.1 Å². The molecule has 1 aliphatic heterocycles. The van der Waals surface area contributed by atoms with Crippen LogP contribution in [0.15, 0.2) is 41.3 Å². The lowest BCUT2D eigenvalue weighted by atomic mass is 10.0. The van der Waals surface area contributed by atoms with E-state index in [4.69, 9.17) is 0 Å². The third-order valence-corrected chi connectivity index (χ3v) is 7.39. The molecule has 2 amide bonds. The highest BCUT2D eigenvalue weighted by molar-refractivity contribution is 9.10. The average Bonchev–Trinajstić information content (AvgIpc) is 3.48. The number of ketones is 1. The second kappa shape index (κ2) is 10.8. The summed E-state index contributed by atoms with van der Waals surface area (Å²) in [7, 11) is 0. The molecule has 0 bridgehead atoms. The molecule has 1 N–H and O–H groups in total. The van der Waals surface area contributed by atoms with Crippen LogP contribution in [0.4, 0.5) is 10.2 Å². The van der Waals surface area contributed by atoms with E-state index in [1.54, 1.807) is 38.4 Å². The summed E-state index contributed by atoms with van der Waals surface area (Å²) in [5.74, 6) is -0.271. The highest BCUT2D eigenvalue weighted by Gasteiger charge is 2.40. The fourth-order valence-corrected chi connectivity index (χ4v) is 5.28. The van der Waals surface area contributed by atoms with Gasteiger partial charge in [-0.25, -0.2) is 19.3 Å². The van der Waals surface area contributed by atoms with Crippen molar-refractivity contribution in [3.63, 3.8) is 0 Å². The summed E-state index contributed by atoms with van der Waals surface area (Å²) in [5.41, 5.74) is 3.94. The first-order valence-electron chi connectivity index (χ1n) is 12.7. The molecule has 4 heterocycles. The number of fused-ring (bicyclic) bond motifs is 1. The van der Waals surface area contributed by atoms with Crippen LogP contribution in [0.3, 0.4) is 0 Å². The van der Waals surface area contributed by atoms with Gasteiger partial charge >= 0.3 is 0 Å². The standard InChI is InChI=1S/C28H27BrFN7O3/c1-14-5-6-23(29)33-27(14)34-28(40)22-9-20(30)12-36(22)24(39)13-37-26-15(2)7-18(19-10-31-17(4)32-11-19)8-21(26)25(35-37)16(3)38/h5-8,10-11,20,22H,9,12-13H2,1-4H3,(H,33,34,40)/t20-,22+/m1/s1. The van der Waals surface area contributed by atoms with Crippen LogP contribution in [-0.4, -0.2) is 66.0 Å². The molecule has 1 aromatic carbocycles. The van der Waals surface area contributed by atoms with Crippen molar-refractivity contribution in [3.05, 3.63) is 63.9 Å². The van der Waals surface area contributed by atoms with Gasteiger partial charge in [0.15, 0.2) is 5.78 Å². The van der Waals surface area contributed by atoms with Crippen LogP contribution in [0.2, 0.25) is 0 Å². The van der Waals surface area contributed by atoms with Gasteiger partial charge in [0.1, 0.15) is 40.7 Å². The van der Waals surface area contributed by atoms with Crippen molar-refractivity contribution in [2.45, 2.75) is 52.9 Å². The van der Waals surface area contributed by atoms with Crippen LogP contribution in [0.1, 0.15) is 40.8 Å². The fourth-order valence-electron chi connectivity index (χ4n) is 4.97. The fraction of sp³-hybridized carbons (Fsp3) is 0.321. The number of nitrogens with one attached hydrogen (secondary N) is 1. The van der Waals surface area contributed by atoms with Gasteiger partial charge in [-0.05, 0) is 71.6 Å². The molecule has 0 saturated carbocycles. The number of carbonyl (C=O) groups excluding carboxylic acids is 3. The van der Waals surface area contributed by atoms with Crippen LogP contribution in [0, 0.1) is 20.8 Å². The van der Waals surface area contributed by atoms with Crippen LogP contribution in [-0.2, 0) is 16.1 Å². The molecular weight excluding hydrogens is 581 g/mol. The summed E-state index contributed by atoms with van der Waals surface area (Å²) >= 11 is 3.28. The van der Waals surface area contributed by atoms with Gasteiger partial charge in [0, 0.05) is 36.7 Å². The summed E-state index contributed by atoms with van der Waals surface area (Å²) in [6.07, 6.45) is 1.95. The molecule has 0 unspecified atom stereocenters. The number of amides is 2. The molecule has 1 fully saturated rings. The number of pyridine rings is 1.